The Hall–Kier alpha value is -1.12. The lowest BCUT2D eigenvalue weighted by Gasteiger charge is -2.31. The van der Waals surface area contributed by atoms with Gasteiger partial charge in [-0.05, 0) is 6.92 Å². The highest BCUT2D eigenvalue weighted by molar-refractivity contribution is 9.10. The number of Topliss-reactive ketones (excluding diaryl/α,β-unsaturated/α-hetero) is 1. The molecule has 0 radical (unpaired) electrons. The number of rotatable bonds is 2. The van der Waals surface area contributed by atoms with Crippen LogP contribution in [0.2, 0.25) is 0 Å². The molecule has 9 heteroatoms. The van der Waals surface area contributed by atoms with Gasteiger partial charge in [0.05, 0.1) is 4.83 Å². The van der Waals surface area contributed by atoms with Crippen LogP contribution in [-0.2, 0) is 9.59 Å². The van der Waals surface area contributed by atoms with Gasteiger partial charge in [0, 0.05) is 12.5 Å². The molecule has 0 aromatic carbocycles. The fourth-order valence-electron chi connectivity index (χ4n) is 2.29. The molecule has 1 saturated heterocycles. The zero-order chi connectivity index (χ0) is 17.6. The van der Waals surface area contributed by atoms with Crippen LogP contribution in [0.1, 0.15) is 27.7 Å². The second-order valence-corrected chi connectivity index (χ2v) is 7.64. The van der Waals surface area contributed by atoms with Crippen LogP contribution < -0.4 is 0 Å². The third-order valence-corrected chi connectivity index (χ3v) is 3.81. The molecule has 0 saturated carbocycles. The molecule has 1 aliphatic heterocycles. The molecule has 0 aromatic heterocycles. The smallest absolute Gasteiger partial charge is 0.313 e. The molecule has 126 valence electrons. The van der Waals surface area contributed by atoms with Crippen molar-refractivity contribution >= 4 is 33.7 Å². The van der Waals surface area contributed by atoms with Crippen molar-refractivity contribution in [2.24, 2.45) is 5.41 Å². The van der Waals surface area contributed by atoms with Gasteiger partial charge < -0.3 is 4.90 Å². The normalized spacial score (nSPS) is 24.7. The predicted molar refractivity (Wildman–Crippen MR) is 76.5 cm³/mol. The van der Waals surface area contributed by atoms with E-state index in [9.17, 15) is 27.6 Å². The molecule has 0 aromatic rings. The summed E-state index contributed by atoms with van der Waals surface area (Å²) in [6, 6.07) is -5.35. The molecule has 0 bridgehead atoms. The highest BCUT2D eigenvalue weighted by Crippen LogP contribution is 2.38. The Bertz CT molecular complexity index is 500. The first kappa shape index (κ1) is 18.9. The lowest BCUT2D eigenvalue weighted by molar-refractivity contribution is -0.180. The zero-order valence-corrected chi connectivity index (χ0v) is 14.4. The van der Waals surface area contributed by atoms with Crippen LogP contribution in [-0.4, -0.2) is 57.7 Å². The summed E-state index contributed by atoms with van der Waals surface area (Å²) in [7, 11) is 0.940. The molecule has 0 N–H and O–H groups in total. The first-order valence-corrected chi connectivity index (χ1v) is 7.47. The maximum atomic E-state index is 13.3. The van der Waals surface area contributed by atoms with Crippen LogP contribution in [0.5, 0.6) is 0 Å². The van der Waals surface area contributed by atoms with Gasteiger partial charge in [-0.2, -0.15) is 13.2 Å². The number of hydrogen-bond donors (Lipinski definition) is 0. The van der Waals surface area contributed by atoms with E-state index in [-0.39, 0.29) is 0 Å². The quantitative estimate of drug-likeness (QED) is 0.685. The van der Waals surface area contributed by atoms with Gasteiger partial charge in [0.25, 0.3) is 0 Å². The average molecular weight is 387 g/mol. The minimum absolute atomic E-state index is 0.404. The molecule has 3 amide bonds. The number of carbonyl (C=O) groups excluding carboxylic acids is 3. The van der Waals surface area contributed by atoms with Crippen LogP contribution >= 0.6 is 15.9 Å². The number of alkyl halides is 4. The minimum Gasteiger partial charge on any atom is -0.313 e. The topological polar surface area (TPSA) is 57.7 Å². The number of likely N-dealkylation sites (N-methyl/N-ethyl adjacent to an activating group) is 1. The zero-order valence-electron chi connectivity index (χ0n) is 12.9. The van der Waals surface area contributed by atoms with E-state index in [0.29, 0.717) is 9.80 Å². The van der Waals surface area contributed by atoms with Crippen molar-refractivity contribution < 1.29 is 27.6 Å². The number of ketones is 1. The Morgan fingerprint density at radius 2 is 1.68 bits per heavy atom. The molecule has 1 unspecified atom stereocenters. The van der Waals surface area contributed by atoms with Gasteiger partial charge >= 0.3 is 12.2 Å². The first-order valence-electron chi connectivity index (χ1n) is 6.56. The van der Waals surface area contributed by atoms with Crippen molar-refractivity contribution in [3.63, 3.8) is 0 Å². The maximum Gasteiger partial charge on any atom is 0.411 e. The third-order valence-electron chi connectivity index (χ3n) is 3.42. The number of nitrogens with zero attached hydrogens (tertiary/aromatic N) is 2. The Morgan fingerprint density at radius 3 is 2.00 bits per heavy atom. The molecule has 3 atom stereocenters. The number of urea groups is 1. The van der Waals surface area contributed by atoms with E-state index in [1.54, 1.807) is 0 Å². The van der Waals surface area contributed by atoms with Crippen molar-refractivity contribution in [1.82, 2.24) is 9.80 Å². The number of imide groups is 1. The van der Waals surface area contributed by atoms with Crippen molar-refractivity contribution in [2.75, 3.05) is 7.05 Å². The third kappa shape index (κ3) is 3.28. The standard InChI is InChI=1S/C13H18BrF3N2O3/c1-6(14)10(21)19-7(9(20)12(2,3)4)8(13(15,16)17)18(5)11(19)22/h6-8H,1-5H3/t6?,7-,8+/m0/s1. The number of amides is 3. The largest absolute Gasteiger partial charge is 0.411 e. The summed E-state index contributed by atoms with van der Waals surface area (Å²) in [6.45, 7) is 5.73. The summed E-state index contributed by atoms with van der Waals surface area (Å²) in [5.41, 5.74) is -1.13. The highest BCUT2D eigenvalue weighted by atomic mass is 79.9. The van der Waals surface area contributed by atoms with Crippen molar-refractivity contribution in [1.29, 1.82) is 0 Å². The van der Waals surface area contributed by atoms with Crippen LogP contribution in [0.15, 0.2) is 0 Å². The monoisotopic (exact) mass is 386 g/mol. The molecule has 22 heavy (non-hydrogen) atoms. The fourth-order valence-corrected chi connectivity index (χ4v) is 2.51. The van der Waals surface area contributed by atoms with E-state index >= 15 is 0 Å². The molecule has 0 aliphatic carbocycles. The lowest BCUT2D eigenvalue weighted by Crippen LogP contribution is -2.55. The summed E-state index contributed by atoms with van der Waals surface area (Å²) >= 11 is 2.94. The number of carbonyl (C=O) groups is 3. The summed E-state index contributed by atoms with van der Waals surface area (Å²) in [4.78, 5) is 36.6. The van der Waals surface area contributed by atoms with Gasteiger partial charge in [0.1, 0.15) is 6.04 Å². The van der Waals surface area contributed by atoms with Crippen molar-refractivity contribution in [3.8, 4) is 0 Å². The molecular weight excluding hydrogens is 369 g/mol. The molecule has 1 heterocycles. The maximum absolute atomic E-state index is 13.3. The molecule has 5 nitrogen and oxygen atoms in total. The van der Waals surface area contributed by atoms with E-state index in [4.69, 9.17) is 0 Å². The Morgan fingerprint density at radius 1 is 1.23 bits per heavy atom. The number of halogens is 4. The summed E-state index contributed by atoms with van der Waals surface area (Å²) < 4.78 is 40.0. The van der Waals surface area contributed by atoms with Crippen LogP contribution in [0.3, 0.4) is 0 Å². The molecule has 0 spiro atoms. The number of hydrogen-bond acceptors (Lipinski definition) is 3. The van der Waals surface area contributed by atoms with Gasteiger partial charge in [-0.1, -0.05) is 36.7 Å². The summed E-state index contributed by atoms with van der Waals surface area (Å²) in [5, 5.41) is 0. The van der Waals surface area contributed by atoms with Gasteiger partial charge in [0.15, 0.2) is 11.8 Å². The summed E-state index contributed by atoms with van der Waals surface area (Å²) in [6.07, 6.45) is -4.82. The molecule has 1 rings (SSSR count). The van der Waals surface area contributed by atoms with Crippen molar-refractivity contribution in [3.05, 3.63) is 0 Å². The van der Waals surface area contributed by atoms with E-state index in [1.165, 1.54) is 27.7 Å². The van der Waals surface area contributed by atoms with Crippen LogP contribution in [0.25, 0.3) is 0 Å². The first-order chi connectivity index (χ1) is 9.71. The SMILES string of the molecule is CC(Br)C(=O)N1C(=O)N(C)[C@@H](C(F)(F)F)[C@H]1C(=O)C(C)(C)C. The van der Waals surface area contributed by atoms with Gasteiger partial charge in [0.2, 0.25) is 5.91 Å². The predicted octanol–water partition coefficient (Wildman–Crippen LogP) is 2.58. The van der Waals surface area contributed by atoms with E-state index in [0.717, 1.165) is 7.05 Å². The van der Waals surface area contributed by atoms with Gasteiger partial charge in [-0.25, -0.2) is 4.79 Å². The van der Waals surface area contributed by atoms with Crippen LogP contribution in [0.4, 0.5) is 18.0 Å². The second-order valence-electron chi connectivity index (χ2n) is 6.26. The van der Waals surface area contributed by atoms with E-state index in [1.807, 2.05) is 0 Å². The Balaban J connectivity index is 3.45. The van der Waals surface area contributed by atoms with E-state index < -0.39 is 46.2 Å². The van der Waals surface area contributed by atoms with Crippen molar-refractivity contribution in [2.45, 2.75) is 50.8 Å². The second kappa shape index (κ2) is 5.82. The molecule has 1 aliphatic rings. The lowest BCUT2D eigenvalue weighted by atomic mass is 9.83. The van der Waals surface area contributed by atoms with Gasteiger partial charge in [-0.15, -0.1) is 0 Å². The van der Waals surface area contributed by atoms with Gasteiger partial charge in [-0.3, -0.25) is 14.5 Å². The Kier molecular flexibility index (Phi) is 5.01. The highest BCUT2D eigenvalue weighted by Gasteiger charge is 2.62. The van der Waals surface area contributed by atoms with E-state index in [2.05, 4.69) is 15.9 Å². The minimum atomic E-state index is -4.82. The molecular formula is C13H18BrF3N2O3. The average Bonchev–Trinajstić information content (AvgIpc) is 2.58. The van der Waals surface area contributed by atoms with Crippen LogP contribution in [0, 0.1) is 5.41 Å². The Labute approximate surface area is 134 Å². The summed E-state index contributed by atoms with van der Waals surface area (Å²) in [5.74, 6) is -1.68. The fraction of sp³-hybridized carbons (Fsp3) is 0.769. The molecule has 1 fully saturated rings.